The summed E-state index contributed by atoms with van der Waals surface area (Å²) in [6.45, 7) is 0. The summed E-state index contributed by atoms with van der Waals surface area (Å²) in [4.78, 5) is 13.2. The van der Waals surface area contributed by atoms with Gasteiger partial charge in [-0.3, -0.25) is 4.79 Å². The van der Waals surface area contributed by atoms with E-state index in [1.807, 2.05) is 44.4 Å². The van der Waals surface area contributed by atoms with Crippen molar-refractivity contribution in [2.75, 3.05) is 19.8 Å². The van der Waals surface area contributed by atoms with Gasteiger partial charge in [-0.25, -0.2) is 0 Å². The van der Waals surface area contributed by atoms with Crippen LogP contribution < -0.4 is 5.73 Å². The number of aryl methyl sites for hydroxylation is 1. The van der Waals surface area contributed by atoms with Crippen LogP contribution in [0, 0.1) is 0 Å². The minimum absolute atomic E-state index is 0.283. The van der Waals surface area contributed by atoms with E-state index in [1.165, 1.54) is 5.56 Å². The number of primary amides is 1. The summed E-state index contributed by atoms with van der Waals surface area (Å²) in [5, 5.41) is -0.283. The third kappa shape index (κ3) is 4.36. The quantitative estimate of drug-likeness (QED) is 0.653. The van der Waals surface area contributed by atoms with Crippen LogP contribution in [0.15, 0.2) is 30.3 Å². The van der Waals surface area contributed by atoms with Crippen LogP contribution in [0.2, 0.25) is 0 Å². The molecule has 1 amide bonds. The monoisotopic (exact) mass is 270 g/mol. The maximum absolute atomic E-state index is 11.4. The van der Waals surface area contributed by atoms with Gasteiger partial charge in [0.05, 0.1) is 0 Å². The van der Waals surface area contributed by atoms with E-state index in [0.717, 1.165) is 12.2 Å². The predicted octanol–water partition coefficient (Wildman–Crippen LogP) is 2.16. The smallest absolute Gasteiger partial charge is 0.262 e. The molecule has 1 atom stereocenters. The second kappa shape index (κ2) is 6.61. The van der Waals surface area contributed by atoms with Crippen molar-refractivity contribution in [3.8, 4) is 0 Å². The van der Waals surface area contributed by atoms with Crippen molar-refractivity contribution in [2.45, 2.75) is 6.42 Å². The molecule has 2 N–H and O–H groups in total. The molecule has 0 bridgehead atoms. The molecule has 17 heavy (non-hydrogen) atoms. The number of thiol groups is 1. The zero-order valence-electron chi connectivity index (χ0n) is 10.1. The molecule has 1 unspecified atom stereocenters. The number of hydrogen-bond donors (Lipinski definition) is 2. The molecule has 1 aromatic rings. The summed E-state index contributed by atoms with van der Waals surface area (Å²) in [5.41, 5.74) is 6.63. The number of amides is 1. The van der Waals surface area contributed by atoms with Gasteiger partial charge in [0.2, 0.25) is 0 Å². The molecule has 0 aromatic heterocycles. The zero-order valence-corrected chi connectivity index (χ0v) is 11.8. The van der Waals surface area contributed by atoms with E-state index in [2.05, 4.69) is 0 Å². The predicted molar refractivity (Wildman–Crippen MR) is 79.9 cm³/mol. The maximum Gasteiger partial charge on any atom is 0.262 e. The zero-order chi connectivity index (χ0) is 12.8. The van der Waals surface area contributed by atoms with Crippen LogP contribution in [0.4, 0.5) is 4.79 Å². The number of carbonyl (C=O) groups excluding carboxylic acids is 1. The number of carbonyl (C=O) groups is 1. The van der Waals surface area contributed by atoms with E-state index in [9.17, 15) is 4.79 Å². The van der Waals surface area contributed by atoms with Gasteiger partial charge in [-0.15, -0.1) is 10.9 Å². The highest BCUT2D eigenvalue weighted by Crippen LogP contribution is 2.29. The van der Waals surface area contributed by atoms with Crippen molar-refractivity contribution in [1.29, 1.82) is 0 Å². The Kier molecular flexibility index (Phi) is 5.44. The highest BCUT2D eigenvalue weighted by molar-refractivity contribution is 8.45. The van der Waals surface area contributed by atoms with Gasteiger partial charge in [-0.2, -0.15) is 0 Å². The Morgan fingerprint density at radius 2 is 1.94 bits per heavy atom. The minimum atomic E-state index is -1.05. The first kappa shape index (κ1) is 14.0. The van der Waals surface area contributed by atoms with Gasteiger partial charge in [0, 0.05) is 14.1 Å². The van der Waals surface area contributed by atoms with Gasteiger partial charge >= 0.3 is 0 Å². The van der Waals surface area contributed by atoms with Crippen LogP contribution in [0.25, 0.3) is 0 Å². The molecular formula is C12H18N2OS2. The normalized spacial score (nSPS) is 12.9. The molecule has 0 aliphatic heterocycles. The molecule has 0 spiro atoms. The summed E-state index contributed by atoms with van der Waals surface area (Å²) in [5.74, 6) is 0.728. The Labute approximate surface area is 110 Å². The third-order valence-electron chi connectivity index (χ3n) is 2.35. The Hall–Kier alpha value is -1.07. The summed E-state index contributed by atoms with van der Waals surface area (Å²) in [6.07, 6.45) is 0.837. The lowest BCUT2D eigenvalue weighted by Gasteiger charge is -2.24. The molecule has 1 aromatic carbocycles. The summed E-state index contributed by atoms with van der Waals surface area (Å²) in [6, 6.07) is 10.1. The topological polar surface area (TPSA) is 46.3 Å². The molecule has 94 valence electrons. The van der Waals surface area contributed by atoms with Crippen molar-refractivity contribution in [3.63, 3.8) is 0 Å². The Balaban J connectivity index is 2.63. The fourth-order valence-corrected chi connectivity index (χ4v) is 3.54. The molecule has 0 aliphatic carbocycles. The van der Waals surface area contributed by atoms with Gasteiger partial charge in [-0.05, 0) is 17.7 Å². The Morgan fingerprint density at radius 1 is 1.35 bits per heavy atom. The van der Waals surface area contributed by atoms with Crippen molar-refractivity contribution in [1.82, 2.24) is 4.90 Å². The van der Waals surface area contributed by atoms with Crippen molar-refractivity contribution in [2.24, 2.45) is 5.73 Å². The van der Waals surface area contributed by atoms with E-state index in [0.29, 0.717) is 4.32 Å². The number of hydrogen-bond acceptors (Lipinski definition) is 2. The van der Waals surface area contributed by atoms with E-state index in [4.69, 9.17) is 18.0 Å². The summed E-state index contributed by atoms with van der Waals surface area (Å²) < 4.78 is 0.670. The van der Waals surface area contributed by atoms with E-state index >= 15 is 0 Å². The molecule has 3 nitrogen and oxygen atoms in total. The fraction of sp³-hybridized carbons (Fsp3) is 0.333. The van der Waals surface area contributed by atoms with Crippen LogP contribution >= 0.6 is 23.1 Å². The molecule has 0 heterocycles. The average Bonchev–Trinajstić information content (AvgIpc) is 2.29. The number of thiocarbonyl (C=S) groups is 1. The van der Waals surface area contributed by atoms with Gasteiger partial charge in [0.15, 0.2) is 0 Å². The molecule has 0 fully saturated rings. The molecular weight excluding hydrogens is 252 g/mol. The third-order valence-corrected chi connectivity index (χ3v) is 5.44. The molecule has 1 rings (SSSR count). The summed E-state index contributed by atoms with van der Waals surface area (Å²) in [7, 11) is 2.65. The van der Waals surface area contributed by atoms with Crippen molar-refractivity contribution >= 4 is 32.7 Å². The second-order valence-corrected chi connectivity index (χ2v) is 6.76. The molecule has 0 aliphatic rings. The standard InChI is InChI=1S/C12H18N2OS2/c1-14(2)12(16)17(11(13)15)9-8-10-6-4-3-5-7-10/h3-7,17H,8-9H2,1-2H3,(H2,13,15). The molecule has 5 heteroatoms. The lowest BCUT2D eigenvalue weighted by Crippen LogP contribution is -2.27. The lowest BCUT2D eigenvalue weighted by atomic mass is 10.2. The van der Waals surface area contributed by atoms with Gasteiger partial charge in [-0.1, -0.05) is 42.5 Å². The van der Waals surface area contributed by atoms with Crippen LogP contribution in [0.5, 0.6) is 0 Å². The summed E-state index contributed by atoms with van der Waals surface area (Å²) >= 11 is 5.24. The molecule has 0 saturated heterocycles. The van der Waals surface area contributed by atoms with Crippen molar-refractivity contribution < 1.29 is 4.79 Å². The first-order valence-electron chi connectivity index (χ1n) is 5.34. The first-order chi connectivity index (χ1) is 8.02. The highest BCUT2D eigenvalue weighted by Gasteiger charge is 2.17. The number of nitrogens with zero attached hydrogens (tertiary/aromatic N) is 1. The van der Waals surface area contributed by atoms with E-state index < -0.39 is 10.9 Å². The van der Waals surface area contributed by atoms with Crippen LogP contribution in [-0.2, 0) is 6.42 Å². The lowest BCUT2D eigenvalue weighted by molar-refractivity contribution is 0.267. The number of nitrogens with two attached hydrogens (primary N) is 1. The number of benzene rings is 1. The van der Waals surface area contributed by atoms with Crippen molar-refractivity contribution in [3.05, 3.63) is 35.9 Å². The average molecular weight is 270 g/mol. The van der Waals surface area contributed by atoms with Crippen LogP contribution in [-0.4, -0.2) is 34.3 Å². The van der Waals surface area contributed by atoms with Crippen LogP contribution in [0.1, 0.15) is 5.56 Å². The largest absolute Gasteiger partial charge is 0.365 e. The van der Waals surface area contributed by atoms with E-state index in [-0.39, 0.29) is 5.24 Å². The Morgan fingerprint density at radius 3 is 2.41 bits per heavy atom. The highest BCUT2D eigenvalue weighted by atomic mass is 32.2. The first-order valence-corrected chi connectivity index (χ1v) is 7.28. The van der Waals surface area contributed by atoms with Gasteiger partial charge in [0.1, 0.15) is 4.32 Å². The van der Waals surface area contributed by atoms with Gasteiger partial charge in [0.25, 0.3) is 5.24 Å². The molecule has 0 saturated carbocycles. The molecule has 0 radical (unpaired) electrons. The fourth-order valence-electron chi connectivity index (χ4n) is 1.43. The maximum atomic E-state index is 11.4. The Bertz CT molecular complexity index is 393. The second-order valence-electron chi connectivity index (χ2n) is 3.90. The number of rotatable bonds is 3. The van der Waals surface area contributed by atoms with E-state index in [1.54, 1.807) is 4.90 Å². The van der Waals surface area contributed by atoms with Gasteiger partial charge < -0.3 is 10.6 Å². The minimum Gasteiger partial charge on any atom is -0.365 e. The SMILES string of the molecule is CN(C)C(=S)[SH](CCc1ccccc1)C(N)=O. The van der Waals surface area contributed by atoms with Crippen LogP contribution in [0.3, 0.4) is 0 Å².